The van der Waals surface area contributed by atoms with E-state index in [4.69, 9.17) is 10.5 Å². The zero-order valence-electron chi connectivity index (χ0n) is 11.6. The maximum Gasteiger partial charge on any atom is 0.316 e. The SMILES string of the molecule is COc1ncc(C#Cc2ccc(C(C)CN)cc2)cn1. The highest BCUT2D eigenvalue weighted by atomic mass is 16.5. The lowest BCUT2D eigenvalue weighted by Crippen LogP contribution is -2.08. The maximum absolute atomic E-state index is 5.65. The van der Waals surface area contributed by atoms with Crippen LogP contribution in [0, 0.1) is 11.8 Å². The molecule has 2 rings (SSSR count). The minimum Gasteiger partial charge on any atom is -0.467 e. The van der Waals surface area contributed by atoms with Crippen LogP contribution < -0.4 is 10.5 Å². The average molecular weight is 267 g/mol. The molecule has 1 unspecified atom stereocenters. The Hall–Kier alpha value is -2.38. The van der Waals surface area contributed by atoms with E-state index in [-0.39, 0.29) is 0 Å². The molecule has 0 aliphatic rings. The molecule has 0 saturated heterocycles. The molecule has 2 aromatic rings. The summed E-state index contributed by atoms with van der Waals surface area (Å²) in [7, 11) is 1.53. The Kier molecular flexibility index (Phi) is 4.70. The molecule has 1 aromatic heterocycles. The van der Waals surface area contributed by atoms with E-state index in [1.54, 1.807) is 12.4 Å². The van der Waals surface area contributed by atoms with Crippen LogP contribution >= 0.6 is 0 Å². The van der Waals surface area contributed by atoms with Gasteiger partial charge in [-0.15, -0.1) is 0 Å². The molecule has 0 saturated carbocycles. The number of nitrogens with zero attached hydrogens (tertiary/aromatic N) is 2. The number of aromatic nitrogens is 2. The lowest BCUT2D eigenvalue weighted by molar-refractivity contribution is 0.379. The fourth-order valence-electron chi connectivity index (χ4n) is 1.66. The van der Waals surface area contributed by atoms with Gasteiger partial charge in [-0.3, -0.25) is 0 Å². The fraction of sp³-hybridized carbons (Fsp3) is 0.250. The van der Waals surface area contributed by atoms with Crippen molar-refractivity contribution in [2.45, 2.75) is 12.8 Å². The average Bonchev–Trinajstić information content (AvgIpc) is 2.53. The predicted octanol–water partition coefficient (Wildman–Crippen LogP) is 1.95. The number of benzene rings is 1. The minimum absolute atomic E-state index is 0.343. The molecule has 0 radical (unpaired) electrons. The van der Waals surface area contributed by atoms with Gasteiger partial charge in [0.1, 0.15) is 0 Å². The van der Waals surface area contributed by atoms with Crippen LogP contribution in [0.15, 0.2) is 36.7 Å². The second-order valence-corrected chi connectivity index (χ2v) is 4.47. The summed E-state index contributed by atoms with van der Waals surface area (Å²) in [6.07, 6.45) is 3.29. The molecule has 2 N–H and O–H groups in total. The Morgan fingerprint density at radius 3 is 2.25 bits per heavy atom. The molecule has 0 amide bonds. The monoisotopic (exact) mass is 267 g/mol. The Balaban J connectivity index is 2.11. The molecule has 4 nitrogen and oxygen atoms in total. The molecule has 1 heterocycles. The largest absolute Gasteiger partial charge is 0.467 e. The maximum atomic E-state index is 5.65. The first-order chi connectivity index (χ1) is 9.72. The van der Waals surface area contributed by atoms with Gasteiger partial charge in [0.25, 0.3) is 0 Å². The fourth-order valence-corrected chi connectivity index (χ4v) is 1.66. The molecule has 1 aromatic carbocycles. The highest BCUT2D eigenvalue weighted by Crippen LogP contribution is 2.14. The third kappa shape index (κ3) is 3.56. The zero-order valence-corrected chi connectivity index (χ0v) is 11.6. The van der Waals surface area contributed by atoms with Crippen LogP contribution in [0.3, 0.4) is 0 Å². The predicted molar refractivity (Wildman–Crippen MR) is 78.5 cm³/mol. The number of ether oxygens (including phenoxy) is 1. The highest BCUT2D eigenvalue weighted by Gasteiger charge is 2.01. The molecular formula is C16H17N3O. The number of methoxy groups -OCH3 is 1. The van der Waals surface area contributed by atoms with Crippen molar-refractivity contribution < 1.29 is 4.74 Å². The minimum atomic E-state index is 0.343. The summed E-state index contributed by atoms with van der Waals surface area (Å²) in [6.45, 7) is 2.75. The van der Waals surface area contributed by atoms with Gasteiger partial charge in [0.05, 0.1) is 12.7 Å². The van der Waals surface area contributed by atoms with Gasteiger partial charge >= 0.3 is 6.01 Å². The van der Waals surface area contributed by atoms with E-state index >= 15 is 0 Å². The summed E-state index contributed by atoms with van der Waals surface area (Å²) in [5, 5.41) is 0. The molecule has 0 aliphatic heterocycles. The number of hydrogen-bond donors (Lipinski definition) is 1. The van der Waals surface area contributed by atoms with Gasteiger partial charge in [0.15, 0.2) is 0 Å². The summed E-state index contributed by atoms with van der Waals surface area (Å²) in [5.41, 5.74) is 8.58. The lowest BCUT2D eigenvalue weighted by atomic mass is 10.0. The Bertz CT molecular complexity index is 609. The van der Waals surface area contributed by atoms with Crippen LogP contribution in [0.5, 0.6) is 6.01 Å². The Labute approximate surface area is 119 Å². The molecule has 102 valence electrons. The van der Waals surface area contributed by atoms with Crippen molar-refractivity contribution in [1.82, 2.24) is 9.97 Å². The summed E-state index contributed by atoms with van der Waals surface area (Å²) >= 11 is 0. The van der Waals surface area contributed by atoms with Crippen LogP contribution in [0.2, 0.25) is 0 Å². The topological polar surface area (TPSA) is 61.0 Å². The van der Waals surface area contributed by atoms with E-state index in [1.165, 1.54) is 12.7 Å². The van der Waals surface area contributed by atoms with Crippen molar-refractivity contribution in [3.05, 3.63) is 53.3 Å². The van der Waals surface area contributed by atoms with Crippen molar-refractivity contribution in [2.24, 2.45) is 5.73 Å². The van der Waals surface area contributed by atoms with Gasteiger partial charge in [-0.05, 0) is 30.2 Å². The van der Waals surface area contributed by atoms with Crippen LogP contribution in [0.4, 0.5) is 0 Å². The van der Waals surface area contributed by atoms with E-state index < -0.39 is 0 Å². The standard InChI is InChI=1S/C16H17N3O/c1-12(9-17)15-7-5-13(6-8-15)3-4-14-10-18-16(20-2)19-11-14/h5-8,10-12H,9,17H2,1-2H3. The quantitative estimate of drug-likeness (QED) is 0.863. The van der Waals surface area contributed by atoms with Gasteiger partial charge < -0.3 is 10.5 Å². The lowest BCUT2D eigenvalue weighted by Gasteiger charge is -2.07. The van der Waals surface area contributed by atoms with Gasteiger partial charge in [0, 0.05) is 18.0 Å². The molecule has 4 heteroatoms. The van der Waals surface area contributed by atoms with Gasteiger partial charge in [-0.25, -0.2) is 9.97 Å². The van der Waals surface area contributed by atoms with Crippen LogP contribution in [-0.4, -0.2) is 23.6 Å². The second kappa shape index (κ2) is 6.69. The number of hydrogen-bond acceptors (Lipinski definition) is 4. The van der Waals surface area contributed by atoms with Crippen molar-refractivity contribution in [2.75, 3.05) is 13.7 Å². The first-order valence-corrected chi connectivity index (χ1v) is 6.41. The van der Waals surface area contributed by atoms with Crippen molar-refractivity contribution in [3.8, 4) is 17.9 Å². The van der Waals surface area contributed by atoms with Crippen molar-refractivity contribution >= 4 is 0 Å². The molecule has 0 fully saturated rings. The van der Waals surface area contributed by atoms with Crippen molar-refractivity contribution in [3.63, 3.8) is 0 Å². The first kappa shape index (κ1) is 14.0. The molecule has 0 spiro atoms. The zero-order chi connectivity index (χ0) is 14.4. The van der Waals surface area contributed by atoms with E-state index in [1.807, 2.05) is 12.1 Å². The van der Waals surface area contributed by atoms with Crippen LogP contribution in [-0.2, 0) is 0 Å². The van der Waals surface area contributed by atoms with Gasteiger partial charge in [-0.1, -0.05) is 30.9 Å². The molecule has 1 atom stereocenters. The smallest absolute Gasteiger partial charge is 0.316 e. The van der Waals surface area contributed by atoms with E-state index in [0.29, 0.717) is 18.5 Å². The normalized spacial score (nSPS) is 11.3. The summed E-state index contributed by atoms with van der Waals surface area (Å²) < 4.78 is 4.90. The Morgan fingerprint density at radius 2 is 1.70 bits per heavy atom. The second-order valence-electron chi connectivity index (χ2n) is 4.47. The van der Waals surface area contributed by atoms with Gasteiger partial charge in [-0.2, -0.15) is 0 Å². The number of nitrogens with two attached hydrogens (primary N) is 1. The van der Waals surface area contributed by atoms with E-state index in [2.05, 4.69) is 40.9 Å². The first-order valence-electron chi connectivity index (χ1n) is 6.41. The molecule has 0 bridgehead atoms. The number of rotatable bonds is 3. The van der Waals surface area contributed by atoms with Gasteiger partial charge in [0.2, 0.25) is 0 Å². The molecule has 20 heavy (non-hydrogen) atoms. The molecular weight excluding hydrogens is 250 g/mol. The highest BCUT2D eigenvalue weighted by molar-refractivity contribution is 5.42. The third-order valence-electron chi connectivity index (χ3n) is 3.00. The summed E-state index contributed by atoms with van der Waals surface area (Å²) in [5.74, 6) is 6.47. The summed E-state index contributed by atoms with van der Waals surface area (Å²) in [4.78, 5) is 8.02. The molecule has 0 aliphatic carbocycles. The Morgan fingerprint density at radius 1 is 1.10 bits per heavy atom. The summed E-state index contributed by atoms with van der Waals surface area (Å²) in [6, 6.07) is 8.46. The van der Waals surface area contributed by atoms with Crippen molar-refractivity contribution in [1.29, 1.82) is 0 Å². The van der Waals surface area contributed by atoms with E-state index in [0.717, 1.165) is 11.1 Å². The third-order valence-corrected chi connectivity index (χ3v) is 3.00. The van der Waals surface area contributed by atoms with Crippen LogP contribution in [0.1, 0.15) is 29.5 Å². The van der Waals surface area contributed by atoms with Crippen LogP contribution in [0.25, 0.3) is 0 Å². The van der Waals surface area contributed by atoms with E-state index in [9.17, 15) is 0 Å².